The summed E-state index contributed by atoms with van der Waals surface area (Å²) in [4.78, 5) is 0. The van der Waals surface area contributed by atoms with E-state index in [0.717, 1.165) is 17.4 Å². The van der Waals surface area contributed by atoms with E-state index in [4.69, 9.17) is 4.43 Å². The van der Waals surface area contributed by atoms with E-state index >= 15 is 0 Å². The molecule has 0 saturated carbocycles. The van der Waals surface area contributed by atoms with Gasteiger partial charge in [-0.15, -0.1) is 0 Å². The number of rotatable bonds is 5. The Morgan fingerprint density at radius 2 is 2.00 bits per heavy atom. The fourth-order valence-electron chi connectivity index (χ4n) is 0.773. The predicted octanol–water partition coefficient (Wildman–Crippen LogP) is -0.450. The van der Waals surface area contributed by atoms with Crippen LogP contribution in [0.5, 0.6) is 0 Å². The van der Waals surface area contributed by atoms with Crippen molar-refractivity contribution < 1.29 is 14.0 Å². The van der Waals surface area contributed by atoms with Crippen LogP contribution in [0.25, 0.3) is 0 Å². The summed E-state index contributed by atoms with van der Waals surface area (Å²) < 4.78 is 6.00. The Morgan fingerprint density at radius 1 is 1.45 bits per heavy atom. The normalized spacial score (nSPS) is 16.1. The molecule has 0 aromatic carbocycles. The van der Waals surface area contributed by atoms with E-state index in [0.29, 0.717) is 0 Å². The summed E-state index contributed by atoms with van der Waals surface area (Å²) in [5, 5.41) is 9.22. The van der Waals surface area contributed by atoms with Gasteiger partial charge in [-0.05, 0) is 0 Å². The van der Waals surface area contributed by atoms with Crippen molar-refractivity contribution in [2.75, 3.05) is 27.7 Å². The third-order valence-corrected chi connectivity index (χ3v) is 2.12. The van der Waals surface area contributed by atoms with Crippen molar-refractivity contribution in [2.45, 2.75) is 19.3 Å². The maximum atomic E-state index is 9.22. The summed E-state index contributed by atoms with van der Waals surface area (Å²) in [7, 11) is 5.87. The van der Waals surface area contributed by atoms with Gasteiger partial charge >= 0.3 is 0 Å². The highest BCUT2D eigenvalue weighted by Crippen LogP contribution is 1.98. The number of hydrogen-bond donors (Lipinski definition) is 1. The maximum Gasteiger partial charge on any atom is 0.161 e. The molecule has 0 aromatic rings. The van der Waals surface area contributed by atoms with Crippen LogP contribution in [0, 0.1) is 0 Å². The zero-order valence-corrected chi connectivity index (χ0v) is 9.42. The molecule has 0 aliphatic rings. The molecule has 0 amide bonds. The lowest BCUT2D eigenvalue weighted by atomic mass is 10.4. The third kappa shape index (κ3) is 8.00. The first-order valence-corrected chi connectivity index (χ1v) is 6.05. The van der Waals surface area contributed by atoms with Gasteiger partial charge in [0.05, 0.1) is 27.7 Å². The molecular weight excluding hydrogens is 158 g/mol. The van der Waals surface area contributed by atoms with E-state index in [9.17, 15) is 5.11 Å². The molecule has 0 aliphatic carbocycles. The Bertz CT molecular complexity index is 103. The maximum absolute atomic E-state index is 9.22. The number of hydrogen-bond acceptors (Lipinski definition) is 2. The van der Waals surface area contributed by atoms with Crippen LogP contribution in [-0.2, 0) is 4.43 Å². The minimum atomic E-state index is -0.524. The first kappa shape index (κ1) is 11.1. The van der Waals surface area contributed by atoms with Gasteiger partial charge in [-0.25, -0.2) is 0 Å². The van der Waals surface area contributed by atoms with Gasteiger partial charge in [0.15, 0.2) is 9.76 Å². The average Bonchev–Trinajstić information content (AvgIpc) is 1.83. The van der Waals surface area contributed by atoms with Crippen LogP contribution >= 0.6 is 0 Å². The Kier molecular flexibility index (Phi) is 4.91. The molecule has 0 aliphatic heterocycles. The molecule has 0 bridgehead atoms. The van der Waals surface area contributed by atoms with Crippen LogP contribution in [0.4, 0.5) is 0 Å². The standard InChI is InChI=1S/C7H20NO2Si/c1-8(2,3)6-5-7(9)10-11-4/h7,9H,5-6,11H2,1-4H3/q+1. The average molecular weight is 178 g/mol. The van der Waals surface area contributed by atoms with Gasteiger partial charge in [0.25, 0.3) is 0 Å². The van der Waals surface area contributed by atoms with Crippen LogP contribution in [-0.4, -0.2) is 53.3 Å². The highest BCUT2D eigenvalue weighted by Gasteiger charge is 2.10. The monoisotopic (exact) mass is 178 g/mol. The summed E-state index contributed by atoms with van der Waals surface area (Å²) in [6.45, 7) is 2.98. The van der Waals surface area contributed by atoms with Crippen molar-refractivity contribution in [1.29, 1.82) is 0 Å². The molecule has 1 atom stereocenters. The second-order valence-corrected chi connectivity index (χ2v) is 4.62. The summed E-state index contributed by atoms with van der Waals surface area (Å²) in [5.41, 5.74) is 0. The summed E-state index contributed by atoms with van der Waals surface area (Å²) in [6.07, 6.45) is 0.216. The number of aliphatic hydroxyl groups is 1. The molecule has 4 heteroatoms. The molecular formula is C7H20NO2Si+. The van der Waals surface area contributed by atoms with Gasteiger partial charge in [0.1, 0.15) is 6.29 Å². The lowest BCUT2D eigenvalue weighted by molar-refractivity contribution is -0.871. The SMILES string of the molecule is C[SiH2]OC(O)CC[N+](C)(C)C. The zero-order chi connectivity index (χ0) is 8.91. The molecule has 11 heavy (non-hydrogen) atoms. The van der Waals surface area contributed by atoms with Crippen molar-refractivity contribution in [3.63, 3.8) is 0 Å². The van der Waals surface area contributed by atoms with Crippen molar-refractivity contribution in [3.8, 4) is 0 Å². The highest BCUT2D eigenvalue weighted by molar-refractivity contribution is 6.24. The summed E-state index contributed by atoms with van der Waals surface area (Å²) >= 11 is 0. The van der Waals surface area contributed by atoms with Gasteiger partial charge < -0.3 is 14.0 Å². The molecule has 68 valence electrons. The van der Waals surface area contributed by atoms with E-state index in [1.54, 1.807) is 0 Å². The highest BCUT2D eigenvalue weighted by atomic mass is 28.2. The van der Waals surface area contributed by atoms with E-state index in [-0.39, 0.29) is 0 Å². The lowest BCUT2D eigenvalue weighted by Gasteiger charge is -2.25. The lowest BCUT2D eigenvalue weighted by Crippen LogP contribution is -2.37. The van der Waals surface area contributed by atoms with E-state index in [1.165, 1.54) is 0 Å². The Labute approximate surface area is 71.5 Å². The van der Waals surface area contributed by atoms with Gasteiger partial charge in [-0.1, -0.05) is 6.55 Å². The van der Waals surface area contributed by atoms with Crippen molar-refractivity contribution in [3.05, 3.63) is 0 Å². The number of quaternary nitrogens is 1. The molecule has 0 fully saturated rings. The zero-order valence-electron chi connectivity index (χ0n) is 8.00. The molecule has 0 spiro atoms. The molecule has 0 heterocycles. The third-order valence-electron chi connectivity index (χ3n) is 1.41. The second-order valence-electron chi connectivity index (χ2n) is 3.71. The Hall–Kier alpha value is 0.0969. The van der Waals surface area contributed by atoms with Gasteiger partial charge in [-0.2, -0.15) is 0 Å². The van der Waals surface area contributed by atoms with Crippen LogP contribution in [0.3, 0.4) is 0 Å². The largest absolute Gasteiger partial charge is 0.400 e. The van der Waals surface area contributed by atoms with Crippen molar-refractivity contribution in [1.82, 2.24) is 0 Å². The van der Waals surface area contributed by atoms with E-state index < -0.39 is 16.1 Å². The topological polar surface area (TPSA) is 29.5 Å². The van der Waals surface area contributed by atoms with Crippen molar-refractivity contribution in [2.24, 2.45) is 0 Å². The molecule has 0 rings (SSSR count). The molecule has 0 radical (unpaired) electrons. The summed E-state index contributed by atoms with van der Waals surface area (Å²) in [5.74, 6) is 0. The Balaban J connectivity index is 3.38. The second kappa shape index (κ2) is 4.87. The molecule has 1 N–H and O–H groups in total. The quantitative estimate of drug-likeness (QED) is 0.351. The van der Waals surface area contributed by atoms with Crippen LogP contribution in [0.2, 0.25) is 6.55 Å². The number of nitrogens with zero attached hydrogens (tertiary/aromatic N) is 1. The van der Waals surface area contributed by atoms with Gasteiger partial charge in [0, 0.05) is 6.42 Å². The summed E-state index contributed by atoms with van der Waals surface area (Å²) in [6, 6.07) is 0. The molecule has 1 unspecified atom stereocenters. The predicted molar refractivity (Wildman–Crippen MR) is 49.0 cm³/mol. The van der Waals surface area contributed by atoms with Crippen LogP contribution in [0.15, 0.2) is 0 Å². The first-order valence-electron chi connectivity index (χ1n) is 4.06. The van der Waals surface area contributed by atoms with E-state index in [2.05, 4.69) is 21.1 Å². The minimum absolute atomic E-state index is 0.455. The van der Waals surface area contributed by atoms with Crippen molar-refractivity contribution >= 4 is 9.76 Å². The van der Waals surface area contributed by atoms with Gasteiger partial charge in [-0.3, -0.25) is 0 Å². The minimum Gasteiger partial charge on any atom is -0.400 e. The Morgan fingerprint density at radius 3 is 2.36 bits per heavy atom. The first-order chi connectivity index (χ1) is 4.95. The fraction of sp³-hybridized carbons (Fsp3) is 1.00. The fourth-order valence-corrected chi connectivity index (χ4v) is 1.32. The molecule has 3 nitrogen and oxygen atoms in total. The number of aliphatic hydroxyl groups excluding tert-OH is 1. The smallest absolute Gasteiger partial charge is 0.161 e. The van der Waals surface area contributed by atoms with Crippen LogP contribution < -0.4 is 0 Å². The van der Waals surface area contributed by atoms with Crippen LogP contribution in [0.1, 0.15) is 6.42 Å². The molecule has 0 saturated heterocycles. The van der Waals surface area contributed by atoms with Gasteiger partial charge in [0.2, 0.25) is 0 Å². The molecule has 0 aromatic heterocycles. The van der Waals surface area contributed by atoms with E-state index in [1.807, 2.05) is 6.55 Å².